The Morgan fingerprint density at radius 3 is 3.00 bits per heavy atom. The van der Waals surface area contributed by atoms with Gasteiger partial charge in [0.05, 0.1) is 17.7 Å². The Kier molecular flexibility index (Phi) is 5.12. The minimum Gasteiger partial charge on any atom is -0.490 e. The molecule has 0 spiro atoms. The molecule has 0 saturated heterocycles. The van der Waals surface area contributed by atoms with Crippen LogP contribution in [0.3, 0.4) is 0 Å². The molecule has 1 aliphatic rings. The summed E-state index contributed by atoms with van der Waals surface area (Å²) in [5.41, 5.74) is 1.15. The van der Waals surface area contributed by atoms with Gasteiger partial charge in [0.25, 0.3) is 0 Å². The first kappa shape index (κ1) is 14.2. The van der Waals surface area contributed by atoms with E-state index in [1.54, 1.807) is 0 Å². The van der Waals surface area contributed by atoms with Crippen molar-refractivity contribution in [2.24, 2.45) is 0 Å². The Labute approximate surface area is 122 Å². The maximum absolute atomic E-state index is 5.71. The van der Waals surface area contributed by atoms with E-state index in [2.05, 4.69) is 40.2 Å². The standard InChI is InChI=1S/C15H18BrNO2/c1-3-5-11(2)17-10-12-8-13(16)15-14(9-12)18-6-4-7-19-15/h1,8-9,11,17H,4-7,10H2,2H3. The largest absolute Gasteiger partial charge is 0.490 e. The third-order valence-electron chi connectivity index (χ3n) is 2.94. The van der Waals surface area contributed by atoms with Gasteiger partial charge in [-0.15, -0.1) is 12.3 Å². The molecule has 0 saturated carbocycles. The van der Waals surface area contributed by atoms with Gasteiger partial charge < -0.3 is 14.8 Å². The zero-order valence-electron chi connectivity index (χ0n) is 11.0. The van der Waals surface area contributed by atoms with Gasteiger partial charge in [0.15, 0.2) is 11.5 Å². The van der Waals surface area contributed by atoms with E-state index in [1.165, 1.54) is 0 Å². The summed E-state index contributed by atoms with van der Waals surface area (Å²) in [5.74, 6) is 4.27. The highest BCUT2D eigenvalue weighted by atomic mass is 79.9. The van der Waals surface area contributed by atoms with E-state index >= 15 is 0 Å². The lowest BCUT2D eigenvalue weighted by atomic mass is 10.1. The van der Waals surface area contributed by atoms with Crippen molar-refractivity contribution in [2.45, 2.75) is 32.4 Å². The smallest absolute Gasteiger partial charge is 0.175 e. The highest BCUT2D eigenvalue weighted by Gasteiger charge is 2.15. The molecule has 1 atom stereocenters. The summed E-state index contributed by atoms with van der Waals surface area (Å²) >= 11 is 3.54. The monoisotopic (exact) mass is 323 g/mol. The number of terminal acetylenes is 1. The number of rotatable bonds is 4. The second-order valence-corrected chi connectivity index (χ2v) is 5.50. The van der Waals surface area contributed by atoms with Crippen LogP contribution in [-0.2, 0) is 6.54 Å². The molecule has 19 heavy (non-hydrogen) atoms. The number of nitrogens with one attached hydrogen (secondary N) is 1. The summed E-state index contributed by atoms with van der Waals surface area (Å²) < 4.78 is 12.3. The van der Waals surface area contributed by atoms with Gasteiger partial charge in [0.2, 0.25) is 0 Å². The van der Waals surface area contributed by atoms with Crippen molar-refractivity contribution in [3.8, 4) is 23.8 Å². The molecular formula is C15H18BrNO2. The second kappa shape index (κ2) is 6.83. The first-order chi connectivity index (χ1) is 9.20. The summed E-state index contributed by atoms with van der Waals surface area (Å²) in [4.78, 5) is 0. The molecule has 0 aromatic heterocycles. The van der Waals surface area contributed by atoms with Crippen LogP contribution in [-0.4, -0.2) is 19.3 Å². The topological polar surface area (TPSA) is 30.5 Å². The van der Waals surface area contributed by atoms with Crippen LogP contribution in [0.5, 0.6) is 11.5 Å². The molecule has 4 heteroatoms. The van der Waals surface area contributed by atoms with Crippen LogP contribution >= 0.6 is 15.9 Å². The summed E-state index contributed by atoms with van der Waals surface area (Å²) in [7, 11) is 0. The van der Waals surface area contributed by atoms with Crippen molar-refractivity contribution >= 4 is 15.9 Å². The van der Waals surface area contributed by atoms with Gasteiger partial charge >= 0.3 is 0 Å². The van der Waals surface area contributed by atoms with Gasteiger partial charge in [-0.3, -0.25) is 0 Å². The molecule has 0 radical (unpaired) electrons. The lowest BCUT2D eigenvalue weighted by molar-refractivity contribution is 0.296. The molecule has 3 nitrogen and oxygen atoms in total. The summed E-state index contributed by atoms with van der Waals surface area (Å²) in [5, 5.41) is 3.39. The number of ether oxygens (including phenoxy) is 2. The number of benzene rings is 1. The quantitative estimate of drug-likeness (QED) is 0.864. The lowest BCUT2D eigenvalue weighted by Gasteiger charge is -2.14. The van der Waals surface area contributed by atoms with Gasteiger partial charge in [0, 0.05) is 25.4 Å². The van der Waals surface area contributed by atoms with Gasteiger partial charge in [-0.25, -0.2) is 0 Å². The van der Waals surface area contributed by atoms with Crippen molar-refractivity contribution in [1.29, 1.82) is 0 Å². The Bertz CT molecular complexity index is 482. The molecule has 0 amide bonds. The third-order valence-corrected chi connectivity index (χ3v) is 3.53. The Hall–Kier alpha value is -1.18. The summed E-state index contributed by atoms with van der Waals surface area (Å²) in [6.45, 7) is 4.24. The van der Waals surface area contributed by atoms with E-state index in [0.29, 0.717) is 19.3 Å². The Balaban J connectivity index is 2.08. The molecule has 1 N–H and O–H groups in total. The minimum atomic E-state index is 0.305. The minimum absolute atomic E-state index is 0.305. The van der Waals surface area contributed by atoms with Crippen LogP contribution < -0.4 is 14.8 Å². The van der Waals surface area contributed by atoms with Crippen molar-refractivity contribution in [1.82, 2.24) is 5.32 Å². The average molecular weight is 324 g/mol. The lowest BCUT2D eigenvalue weighted by Crippen LogP contribution is -2.24. The maximum atomic E-state index is 5.71. The Morgan fingerprint density at radius 1 is 1.42 bits per heavy atom. The Morgan fingerprint density at radius 2 is 2.21 bits per heavy atom. The predicted octanol–water partition coefficient (Wildman–Crippen LogP) is 3.11. The highest BCUT2D eigenvalue weighted by molar-refractivity contribution is 9.10. The van der Waals surface area contributed by atoms with E-state index in [-0.39, 0.29) is 0 Å². The van der Waals surface area contributed by atoms with E-state index in [4.69, 9.17) is 15.9 Å². The molecule has 1 heterocycles. The third kappa shape index (κ3) is 3.89. The fraction of sp³-hybridized carbons (Fsp3) is 0.467. The first-order valence-corrected chi connectivity index (χ1v) is 7.25. The van der Waals surface area contributed by atoms with E-state index in [0.717, 1.165) is 40.9 Å². The normalized spacial score (nSPS) is 15.4. The molecule has 1 aromatic carbocycles. The van der Waals surface area contributed by atoms with Crippen LogP contribution in [0.4, 0.5) is 0 Å². The van der Waals surface area contributed by atoms with E-state index < -0.39 is 0 Å². The van der Waals surface area contributed by atoms with E-state index in [1.807, 2.05) is 6.07 Å². The summed E-state index contributed by atoms with van der Waals surface area (Å²) in [6.07, 6.45) is 6.94. The van der Waals surface area contributed by atoms with Crippen LogP contribution in [0.15, 0.2) is 16.6 Å². The van der Waals surface area contributed by atoms with Gasteiger partial charge in [-0.05, 0) is 40.5 Å². The molecule has 0 bridgehead atoms. The first-order valence-electron chi connectivity index (χ1n) is 6.45. The van der Waals surface area contributed by atoms with Crippen molar-refractivity contribution in [3.05, 3.63) is 22.2 Å². The average Bonchev–Trinajstić information content (AvgIpc) is 2.62. The van der Waals surface area contributed by atoms with E-state index in [9.17, 15) is 0 Å². The molecule has 0 aliphatic carbocycles. The van der Waals surface area contributed by atoms with Gasteiger partial charge in [-0.2, -0.15) is 0 Å². The van der Waals surface area contributed by atoms with Crippen LogP contribution in [0.1, 0.15) is 25.3 Å². The molecule has 1 aliphatic heterocycles. The molecule has 0 fully saturated rings. The zero-order chi connectivity index (χ0) is 13.7. The predicted molar refractivity (Wildman–Crippen MR) is 79.5 cm³/mol. The van der Waals surface area contributed by atoms with Crippen LogP contribution in [0.2, 0.25) is 0 Å². The SMILES string of the molecule is C#CCC(C)NCc1cc(Br)c2c(c1)OCCCO2. The molecule has 1 unspecified atom stereocenters. The fourth-order valence-electron chi connectivity index (χ4n) is 1.93. The highest BCUT2D eigenvalue weighted by Crippen LogP contribution is 2.38. The van der Waals surface area contributed by atoms with Gasteiger partial charge in [0.1, 0.15) is 0 Å². The number of hydrogen-bond acceptors (Lipinski definition) is 3. The van der Waals surface area contributed by atoms with Gasteiger partial charge in [-0.1, -0.05) is 0 Å². The van der Waals surface area contributed by atoms with Crippen molar-refractivity contribution in [3.63, 3.8) is 0 Å². The zero-order valence-corrected chi connectivity index (χ0v) is 12.6. The number of hydrogen-bond donors (Lipinski definition) is 1. The molecule has 2 rings (SSSR count). The summed E-state index contributed by atoms with van der Waals surface area (Å²) in [6, 6.07) is 4.39. The van der Waals surface area contributed by atoms with Crippen LogP contribution in [0.25, 0.3) is 0 Å². The molecular weight excluding hydrogens is 306 g/mol. The molecule has 1 aromatic rings. The maximum Gasteiger partial charge on any atom is 0.175 e. The number of halogens is 1. The van der Waals surface area contributed by atoms with Crippen molar-refractivity contribution in [2.75, 3.05) is 13.2 Å². The van der Waals surface area contributed by atoms with Crippen molar-refractivity contribution < 1.29 is 9.47 Å². The molecule has 102 valence electrons. The number of fused-ring (bicyclic) bond motifs is 1. The fourth-order valence-corrected chi connectivity index (χ4v) is 2.53. The van der Waals surface area contributed by atoms with Crippen LogP contribution in [0, 0.1) is 12.3 Å². The second-order valence-electron chi connectivity index (χ2n) is 4.65.